The third kappa shape index (κ3) is 6.76. The Hall–Kier alpha value is -3.46. The molecule has 9 heteroatoms. The van der Waals surface area contributed by atoms with Crippen LogP contribution in [0.3, 0.4) is 0 Å². The van der Waals surface area contributed by atoms with Crippen LogP contribution < -0.4 is 4.72 Å². The molecule has 3 aromatic rings. The van der Waals surface area contributed by atoms with Crippen molar-refractivity contribution in [3.63, 3.8) is 0 Å². The normalized spacial score (nSPS) is 12.4. The van der Waals surface area contributed by atoms with E-state index in [9.17, 15) is 18.0 Å². The summed E-state index contributed by atoms with van der Waals surface area (Å²) in [6.45, 7) is 13.2. The number of hydrogen-bond acceptors (Lipinski definition) is 6. The first-order valence-corrected chi connectivity index (χ1v) is 14.9. The molecular formula is C30H39N3O5S. The first kappa shape index (κ1) is 30.1. The summed E-state index contributed by atoms with van der Waals surface area (Å²) in [5.74, 6) is -0.00966. The van der Waals surface area contributed by atoms with E-state index in [-0.39, 0.29) is 28.4 Å². The number of aryl methyl sites for hydroxylation is 2. The van der Waals surface area contributed by atoms with Crippen molar-refractivity contribution in [1.29, 1.82) is 0 Å². The first-order chi connectivity index (χ1) is 18.4. The van der Waals surface area contributed by atoms with Crippen LogP contribution in [0.5, 0.6) is 0 Å². The van der Waals surface area contributed by atoms with Gasteiger partial charge in [-0.3, -0.25) is 9.59 Å². The van der Waals surface area contributed by atoms with Gasteiger partial charge >= 0.3 is 0 Å². The molecule has 0 saturated heterocycles. The Morgan fingerprint density at radius 3 is 2.31 bits per heavy atom. The van der Waals surface area contributed by atoms with Gasteiger partial charge in [0.2, 0.25) is 11.8 Å². The molecule has 1 aromatic heterocycles. The Balaban J connectivity index is 2.03. The average Bonchev–Trinajstić information content (AvgIpc) is 3.19. The van der Waals surface area contributed by atoms with Gasteiger partial charge in [-0.15, -0.1) is 0 Å². The predicted octanol–water partition coefficient (Wildman–Crippen LogP) is 6.06. The molecule has 210 valence electrons. The molecule has 0 aliphatic carbocycles. The largest absolute Gasteiger partial charge is 0.337 e. The molecule has 0 aliphatic rings. The van der Waals surface area contributed by atoms with E-state index in [4.69, 9.17) is 4.52 Å². The van der Waals surface area contributed by atoms with Gasteiger partial charge in [0.25, 0.3) is 10.0 Å². The molecule has 0 spiro atoms. The van der Waals surface area contributed by atoms with Gasteiger partial charge in [0.1, 0.15) is 0 Å². The van der Waals surface area contributed by atoms with E-state index in [0.29, 0.717) is 42.6 Å². The van der Waals surface area contributed by atoms with Gasteiger partial charge in [-0.1, -0.05) is 69.2 Å². The van der Waals surface area contributed by atoms with Gasteiger partial charge in [0.15, 0.2) is 5.78 Å². The second-order valence-electron chi connectivity index (χ2n) is 10.2. The highest BCUT2D eigenvalue weighted by Gasteiger charge is 2.30. The van der Waals surface area contributed by atoms with Crippen LogP contribution in [-0.2, 0) is 32.6 Å². The van der Waals surface area contributed by atoms with Crippen LogP contribution in [0.15, 0.2) is 51.9 Å². The molecule has 1 unspecified atom stereocenters. The number of anilines is 1. The smallest absolute Gasteiger partial charge is 0.264 e. The van der Waals surface area contributed by atoms with Crippen molar-refractivity contribution >= 4 is 27.6 Å². The minimum atomic E-state index is -3.98. The Bertz CT molecular complexity index is 1440. The molecule has 3 rings (SSSR count). The molecule has 2 aromatic carbocycles. The summed E-state index contributed by atoms with van der Waals surface area (Å²) in [6.07, 6.45) is 1.72. The van der Waals surface area contributed by atoms with E-state index in [1.807, 2.05) is 45.9 Å². The van der Waals surface area contributed by atoms with Crippen molar-refractivity contribution in [2.75, 3.05) is 4.72 Å². The number of hydrogen-bond donors (Lipinski definition) is 1. The highest BCUT2D eigenvalue weighted by molar-refractivity contribution is 7.92. The van der Waals surface area contributed by atoms with Crippen molar-refractivity contribution in [2.24, 2.45) is 5.92 Å². The summed E-state index contributed by atoms with van der Waals surface area (Å²) in [4.78, 5) is 27.4. The zero-order valence-corrected chi connectivity index (χ0v) is 24.7. The number of nitrogens with one attached hydrogen (secondary N) is 1. The maximum Gasteiger partial charge on any atom is 0.264 e. The summed E-state index contributed by atoms with van der Waals surface area (Å²) in [6, 6.07) is 12.1. The van der Waals surface area contributed by atoms with Crippen LogP contribution >= 0.6 is 0 Å². The second kappa shape index (κ2) is 12.6. The molecule has 1 amide bonds. The van der Waals surface area contributed by atoms with Crippen LogP contribution in [-0.4, -0.2) is 36.2 Å². The highest BCUT2D eigenvalue weighted by atomic mass is 32.2. The molecule has 0 radical (unpaired) electrons. The van der Waals surface area contributed by atoms with Gasteiger partial charge in [-0.05, 0) is 62.3 Å². The number of Topliss-reactive ketones (excluding diaryl/α,β-unsaturated/α-hetero) is 1. The van der Waals surface area contributed by atoms with Crippen LogP contribution in [0.1, 0.15) is 69.8 Å². The van der Waals surface area contributed by atoms with E-state index in [1.165, 1.54) is 6.92 Å². The molecule has 8 nitrogen and oxygen atoms in total. The fourth-order valence-corrected chi connectivity index (χ4v) is 6.13. The molecule has 1 heterocycles. The Labute approximate surface area is 231 Å². The van der Waals surface area contributed by atoms with E-state index in [0.717, 1.165) is 16.7 Å². The highest BCUT2D eigenvalue weighted by Crippen LogP contribution is 2.33. The maximum absolute atomic E-state index is 13.4. The van der Waals surface area contributed by atoms with Crippen LogP contribution in [0.2, 0.25) is 0 Å². The first-order valence-electron chi connectivity index (χ1n) is 13.4. The van der Waals surface area contributed by atoms with E-state index in [2.05, 4.69) is 9.88 Å². The topological polar surface area (TPSA) is 110 Å². The summed E-state index contributed by atoms with van der Waals surface area (Å²) < 4.78 is 34.6. The number of sulfonamides is 1. The summed E-state index contributed by atoms with van der Waals surface area (Å²) >= 11 is 0. The number of carbonyl (C=O) groups is 2. The Kier molecular flexibility index (Phi) is 9.72. The number of benzene rings is 2. The van der Waals surface area contributed by atoms with Crippen molar-refractivity contribution in [2.45, 2.75) is 85.2 Å². The molecule has 0 saturated carbocycles. The standard InChI is InChI=1S/C30H39N3O5S/c1-8-12-28(35)33(29(19(3)4)22(7)34)18-23-15-16-25(24(9-2)17-23)26-13-10-11-14-27(26)39(36,37)32-30-20(5)21(6)31-38-30/h10-11,13-17,19,29,32H,8-9,12,18H2,1-7H3. The number of amides is 1. The van der Waals surface area contributed by atoms with Gasteiger partial charge in [0.05, 0.1) is 16.6 Å². The minimum Gasteiger partial charge on any atom is -0.337 e. The number of rotatable bonds is 12. The van der Waals surface area contributed by atoms with Crippen LogP contribution in [0, 0.1) is 19.8 Å². The van der Waals surface area contributed by atoms with Crippen molar-refractivity contribution in [1.82, 2.24) is 10.1 Å². The molecule has 1 N–H and O–H groups in total. The van der Waals surface area contributed by atoms with Crippen molar-refractivity contribution in [3.8, 4) is 11.1 Å². The summed E-state index contributed by atoms with van der Waals surface area (Å²) in [7, 11) is -3.98. The third-order valence-corrected chi connectivity index (χ3v) is 8.31. The molecular weight excluding hydrogens is 514 g/mol. The van der Waals surface area contributed by atoms with Crippen molar-refractivity contribution in [3.05, 3.63) is 64.8 Å². The maximum atomic E-state index is 13.4. The number of aromatic nitrogens is 1. The minimum absolute atomic E-state index is 0.0189. The van der Waals surface area contributed by atoms with Crippen LogP contribution in [0.25, 0.3) is 11.1 Å². The Morgan fingerprint density at radius 1 is 1.05 bits per heavy atom. The van der Waals surface area contributed by atoms with Crippen molar-refractivity contribution < 1.29 is 22.5 Å². The fourth-order valence-electron chi connectivity index (χ4n) is 4.86. The number of nitrogens with zero attached hydrogens (tertiary/aromatic N) is 2. The van der Waals surface area contributed by atoms with Crippen LogP contribution in [0.4, 0.5) is 5.88 Å². The molecule has 0 fully saturated rings. The number of carbonyl (C=O) groups excluding carboxylic acids is 2. The monoisotopic (exact) mass is 553 g/mol. The quantitative estimate of drug-likeness (QED) is 0.292. The predicted molar refractivity (Wildman–Crippen MR) is 153 cm³/mol. The summed E-state index contributed by atoms with van der Waals surface area (Å²) in [5, 5.41) is 3.84. The molecule has 0 bridgehead atoms. The second-order valence-corrected chi connectivity index (χ2v) is 11.9. The lowest BCUT2D eigenvalue weighted by Crippen LogP contribution is -2.46. The third-order valence-electron chi connectivity index (χ3n) is 6.92. The van der Waals surface area contributed by atoms with Gasteiger partial charge in [-0.2, -0.15) is 0 Å². The molecule has 1 atom stereocenters. The Morgan fingerprint density at radius 2 is 1.74 bits per heavy atom. The fraction of sp³-hybridized carbons (Fsp3) is 0.433. The SMILES string of the molecule is CCCC(=O)N(Cc1ccc(-c2ccccc2S(=O)(=O)Nc2onc(C)c2C)c(CC)c1)C(C(C)=O)C(C)C. The summed E-state index contributed by atoms with van der Waals surface area (Å²) in [5.41, 5.74) is 4.41. The zero-order valence-electron chi connectivity index (χ0n) is 23.9. The van der Waals surface area contributed by atoms with Gasteiger partial charge in [0, 0.05) is 24.1 Å². The number of ketones is 1. The molecule has 39 heavy (non-hydrogen) atoms. The van der Waals surface area contributed by atoms with Gasteiger partial charge < -0.3 is 9.42 Å². The van der Waals surface area contributed by atoms with E-state index in [1.54, 1.807) is 43.0 Å². The van der Waals surface area contributed by atoms with E-state index >= 15 is 0 Å². The lowest BCUT2D eigenvalue weighted by molar-refractivity contribution is -0.141. The lowest BCUT2D eigenvalue weighted by atomic mass is 9.94. The van der Waals surface area contributed by atoms with E-state index < -0.39 is 16.1 Å². The average molecular weight is 554 g/mol. The zero-order chi connectivity index (χ0) is 28.9. The van der Waals surface area contributed by atoms with Gasteiger partial charge in [-0.25, -0.2) is 13.1 Å². The molecule has 0 aliphatic heterocycles. The lowest BCUT2D eigenvalue weighted by Gasteiger charge is -2.33.